The van der Waals surface area contributed by atoms with Crippen molar-refractivity contribution in [1.82, 2.24) is 5.32 Å². The third kappa shape index (κ3) is 3.88. The second kappa shape index (κ2) is 8.59. The summed E-state index contributed by atoms with van der Waals surface area (Å²) in [5, 5.41) is 6.32. The Morgan fingerprint density at radius 2 is 1.88 bits per heavy atom. The maximum absolute atomic E-state index is 13.6. The van der Waals surface area contributed by atoms with Crippen LogP contribution in [-0.2, 0) is 9.59 Å². The number of ketones is 1. The van der Waals surface area contributed by atoms with Gasteiger partial charge in [0.05, 0.1) is 7.11 Å². The van der Waals surface area contributed by atoms with Crippen LogP contribution in [0.1, 0.15) is 37.7 Å². The van der Waals surface area contributed by atoms with Crippen molar-refractivity contribution in [2.45, 2.75) is 32.1 Å². The average Bonchev–Trinajstić information content (AvgIpc) is 3.25. The van der Waals surface area contributed by atoms with Gasteiger partial charge in [0.15, 0.2) is 17.3 Å². The van der Waals surface area contributed by atoms with E-state index < -0.39 is 5.92 Å². The van der Waals surface area contributed by atoms with Gasteiger partial charge >= 0.3 is 0 Å². The van der Waals surface area contributed by atoms with E-state index in [0.717, 1.165) is 34.3 Å². The fraction of sp³-hybridized carbons (Fsp3) is 0.280. The van der Waals surface area contributed by atoms with Gasteiger partial charge in [0, 0.05) is 45.0 Å². The number of nitrogens with one attached hydrogen (secondary N) is 2. The Hall–Kier alpha value is -3.26. The molecule has 2 aromatic rings. The van der Waals surface area contributed by atoms with Gasteiger partial charge in [-0.25, -0.2) is 0 Å². The Balaban J connectivity index is 1.59. The van der Waals surface area contributed by atoms with Gasteiger partial charge in [-0.2, -0.15) is 0 Å². The van der Waals surface area contributed by atoms with Crippen molar-refractivity contribution in [3.63, 3.8) is 0 Å². The summed E-state index contributed by atoms with van der Waals surface area (Å²) in [5.74, 6) is 1.19. The molecule has 3 aliphatic rings. The lowest BCUT2D eigenvalue weighted by atomic mass is 9.75. The predicted molar refractivity (Wildman–Crippen MR) is 126 cm³/mol. The summed E-state index contributed by atoms with van der Waals surface area (Å²) in [7, 11) is 1.59. The smallest absolute Gasteiger partial charge is 0.254 e. The van der Waals surface area contributed by atoms with E-state index in [4.69, 9.17) is 14.2 Å². The van der Waals surface area contributed by atoms with Crippen LogP contribution in [0.2, 0.25) is 0 Å². The third-order valence-electron chi connectivity index (χ3n) is 6.17. The molecular weight excluding hydrogens is 488 g/mol. The molecular formula is C25H23BrN2O5. The molecule has 5 rings (SSSR count). The van der Waals surface area contributed by atoms with E-state index in [9.17, 15) is 9.59 Å². The molecule has 1 atom stereocenters. The highest BCUT2D eigenvalue weighted by atomic mass is 79.9. The number of rotatable bonds is 4. The summed E-state index contributed by atoms with van der Waals surface area (Å²) in [5.41, 5.74) is 4.19. The second-order valence-corrected chi connectivity index (χ2v) is 9.03. The highest BCUT2D eigenvalue weighted by Crippen LogP contribution is 2.48. The molecule has 2 heterocycles. The third-order valence-corrected chi connectivity index (χ3v) is 6.86. The van der Waals surface area contributed by atoms with Crippen molar-refractivity contribution in [3.05, 3.63) is 69.0 Å². The zero-order valence-corrected chi connectivity index (χ0v) is 19.9. The standard InChI is InChI=1S/C25H23BrN2O5/c1-13-22(25(30)28-14-6-8-15(31-2)9-7-14)23(24-18(27-13)4-3-5-19(24)29)16-10-20-21(11-17(16)26)33-12-32-20/h6-11,23,27H,3-5,12H2,1-2H3,(H,28,30)/t23-/m0/s1. The highest BCUT2D eigenvalue weighted by Gasteiger charge is 2.40. The lowest BCUT2D eigenvalue weighted by Crippen LogP contribution is -2.35. The molecule has 2 N–H and O–H groups in total. The molecule has 1 aliphatic carbocycles. The summed E-state index contributed by atoms with van der Waals surface area (Å²) in [6.07, 6.45) is 2.02. The molecule has 0 saturated heterocycles. The summed E-state index contributed by atoms with van der Waals surface area (Å²) < 4.78 is 17.1. The molecule has 7 nitrogen and oxygen atoms in total. The zero-order valence-electron chi connectivity index (χ0n) is 18.3. The van der Waals surface area contributed by atoms with Crippen molar-refractivity contribution in [1.29, 1.82) is 0 Å². The number of halogens is 1. The molecule has 33 heavy (non-hydrogen) atoms. The number of fused-ring (bicyclic) bond motifs is 1. The van der Waals surface area contributed by atoms with Gasteiger partial charge < -0.3 is 24.8 Å². The first kappa shape index (κ1) is 21.6. The van der Waals surface area contributed by atoms with E-state index in [1.165, 1.54) is 0 Å². The minimum Gasteiger partial charge on any atom is -0.497 e. The Kier molecular flexibility index (Phi) is 5.62. The van der Waals surface area contributed by atoms with Gasteiger partial charge in [-0.1, -0.05) is 15.9 Å². The van der Waals surface area contributed by atoms with E-state index in [2.05, 4.69) is 26.6 Å². The van der Waals surface area contributed by atoms with Crippen molar-refractivity contribution in [2.75, 3.05) is 19.2 Å². The monoisotopic (exact) mass is 510 g/mol. The van der Waals surface area contributed by atoms with Gasteiger partial charge in [0.1, 0.15) is 5.75 Å². The Labute approximate surface area is 199 Å². The number of hydrogen-bond acceptors (Lipinski definition) is 6. The predicted octanol–water partition coefficient (Wildman–Crippen LogP) is 4.79. The number of carbonyl (C=O) groups is 2. The number of Topliss-reactive ketones (excluding diaryl/α,β-unsaturated/α-hetero) is 1. The number of dihydropyridines is 1. The SMILES string of the molecule is COc1ccc(NC(=O)C2=C(C)NC3=C(C(=O)CCC3)[C@H]2c2cc3c(cc2Br)OCO3)cc1. The van der Waals surface area contributed by atoms with Gasteiger partial charge in [0.25, 0.3) is 5.91 Å². The van der Waals surface area contributed by atoms with Crippen LogP contribution in [0, 0.1) is 0 Å². The molecule has 0 spiro atoms. The molecule has 0 unspecified atom stereocenters. The lowest BCUT2D eigenvalue weighted by Gasteiger charge is -2.35. The second-order valence-electron chi connectivity index (χ2n) is 8.18. The molecule has 0 radical (unpaired) electrons. The minimum atomic E-state index is -0.531. The van der Waals surface area contributed by atoms with Crippen molar-refractivity contribution in [3.8, 4) is 17.2 Å². The van der Waals surface area contributed by atoms with Crippen molar-refractivity contribution < 1.29 is 23.8 Å². The molecule has 0 aromatic heterocycles. The fourth-order valence-corrected chi connectivity index (χ4v) is 5.17. The number of methoxy groups -OCH3 is 1. The summed E-state index contributed by atoms with van der Waals surface area (Å²) in [6, 6.07) is 10.8. The number of hydrogen-bond donors (Lipinski definition) is 2. The van der Waals surface area contributed by atoms with Gasteiger partial charge in [0.2, 0.25) is 6.79 Å². The number of carbonyl (C=O) groups excluding carboxylic acids is 2. The molecule has 0 bridgehead atoms. The fourth-order valence-electron chi connectivity index (χ4n) is 4.62. The molecule has 170 valence electrons. The maximum Gasteiger partial charge on any atom is 0.254 e. The molecule has 2 aliphatic heterocycles. The van der Waals surface area contributed by atoms with E-state index in [1.54, 1.807) is 31.4 Å². The van der Waals surface area contributed by atoms with Crippen LogP contribution < -0.4 is 24.8 Å². The zero-order chi connectivity index (χ0) is 23.1. The number of ether oxygens (including phenoxy) is 3. The Morgan fingerprint density at radius 3 is 2.61 bits per heavy atom. The van der Waals surface area contributed by atoms with Crippen molar-refractivity contribution >= 4 is 33.3 Å². The number of amides is 1. The molecule has 0 fully saturated rings. The van der Waals surface area contributed by atoms with Gasteiger partial charge in [-0.15, -0.1) is 0 Å². The molecule has 2 aromatic carbocycles. The number of anilines is 1. The summed E-state index contributed by atoms with van der Waals surface area (Å²) >= 11 is 3.64. The normalized spacial score (nSPS) is 19.2. The van der Waals surface area contributed by atoms with Crippen molar-refractivity contribution in [2.24, 2.45) is 0 Å². The molecule has 8 heteroatoms. The quantitative estimate of drug-likeness (QED) is 0.614. The average molecular weight is 511 g/mol. The first-order chi connectivity index (χ1) is 16.0. The van der Waals surface area contributed by atoms with Crippen LogP contribution in [0.25, 0.3) is 0 Å². The van der Waals surface area contributed by atoms with E-state index in [-0.39, 0.29) is 18.5 Å². The lowest BCUT2D eigenvalue weighted by molar-refractivity contribution is -0.116. The van der Waals surface area contributed by atoms with Gasteiger partial charge in [-0.05, 0) is 61.7 Å². The molecule has 0 saturated carbocycles. The summed E-state index contributed by atoms with van der Waals surface area (Å²) in [6.45, 7) is 2.02. The Bertz CT molecular complexity index is 1220. The van der Waals surface area contributed by atoms with Crippen LogP contribution in [0.5, 0.6) is 17.2 Å². The topological polar surface area (TPSA) is 85.9 Å². The van der Waals surface area contributed by atoms with Crippen LogP contribution >= 0.6 is 15.9 Å². The van der Waals surface area contributed by atoms with E-state index in [1.807, 2.05) is 19.1 Å². The van der Waals surface area contributed by atoms with E-state index in [0.29, 0.717) is 40.5 Å². The summed E-state index contributed by atoms with van der Waals surface area (Å²) in [4.78, 5) is 26.7. The van der Waals surface area contributed by atoms with E-state index >= 15 is 0 Å². The van der Waals surface area contributed by atoms with Crippen LogP contribution in [0.15, 0.2) is 63.4 Å². The number of allylic oxidation sites excluding steroid dienone is 3. The first-order valence-corrected chi connectivity index (χ1v) is 11.5. The van der Waals surface area contributed by atoms with Gasteiger partial charge in [-0.3, -0.25) is 9.59 Å². The highest BCUT2D eigenvalue weighted by molar-refractivity contribution is 9.10. The maximum atomic E-state index is 13.6. The first-order valence-electron chi connectivity index (χ1n) is 10.7. The number of benzene rings is 2. The largest absolute Gasteiger partial charge is 0.497 e. The van der Waals surface area contributed by atoms with Crippen LogP contribution in [0.3, 0.4) is 0 Å². The molecule has 1 amide bonds. The minimum absolute atomic E-state index is 0.0561. The van der Waals surface area contributed by atoms with Crippen LogP contribution in [-0.4, -0.2) is 25.6 Å². The van der Waals surface area contributed by atoms with Crippen LogP contribution in [0.4, 0.5) is 5.69 Å². The Morgan fingerprint density at radius 1 is 1.15 bits per heavy atom.